The van der Waals surface area contributed by atoms with E-state index in [1.54, 1.807) is 0 Å². The number of benzene rings is 1. The maximum Gasteiger partial charge on any atom is 0.361 e. The second kappa shape index (κ2) is 6.13. The first-order valence-electron chi connectivity index (χ1n) is 4.82. The SMILES string of the molecule is O=C([O-])C(C(=O)[O-])c1cc(Br)c(Br)c([N+](=O)[O-])c1[N+](=O)[O-]. The molecule has 21 heavy (non-hydrogen) atoms. The van der Waals surface area contributed by atoms with E-state index >= 15 is 0 Å². The summed E-state index contributed by atoms with van der Waals surface area (Å²) in [5.74, 6) is -6.92. The molecule has 1 aromatic carbocycles. The van der Waals surface area contributed by atoms with E-state index in [0.29, 0.717) is 0 Å². The Balaban J connectivity index is 3.90. The standard InChI is InChI=1S/C9H4Br2N2O8/c10-3-1-2(4(8(14)15)9(16)17)6(12(18)19)7(5(3)11)13(20)21/h1,4H,(H,14,15)(H,16,17)/p-2. The number of hydrogen-bond acceptors (Lipinski definition) is 8. The molecule has 0 fully saturated rings. The highest BCUT2D eigenvalue weighted by molar-refractivity contribution is 9.13. The molecule has 112 valence electrons. The number of rotatable bonds is 5. The van der Waals surface area contributed by atoms with Crippen LogP contribution in [0.2, 0.25) is 0 Å². The van der Waals surface area contributed by atoms with Crippen LogP contribution in [-0.4, -0.2) is 21.8 Å². The van der Waals surface area contributed by atoms with E-state index in [-0.39, 0.29) is 8.95 Å². The maximum atomic E-state index is 11.0. The Morgan fingerprint density at radius 3 is 1.76 bits per heavy atom. The number of carboxylic acid groups (broad SMARTS) is 2. The van der Waals surface area contributed by atoms with Crippen molar-refractivity contribution >= 4 is 55.2 Å². The van der Waals surface area contributed by atoms with E-state index in [9.17, 15) is 40.0 Å². The van der Waals surface area contributed by atoms with Gasteiger partial charge in [-0.2, -0.15) is 0 Å². The van der Waals surface area contributed by atoms with Gasteiger partial charge in [0.15, 0.2) is 0 Å². The normalized spacial score (nSPS) is 10.4. The van der Waals surface area contributed by atoms with Gasteiger partial charge < -0.3 is 19.8 Å². The molecule has 0 bridgehead atoms. The van der Waals surface area contributed by atoms with Gasteiger partial charge in [0.1, 0.15) is 4.47 Å². The van der Waals surface area contributed by atoms with Crippen LogP contribution in [0.4, 0.5) is 11.4 Å². The van der Waals surface area contributed by atoms with Gasteiger partial charge in [-0.15, -0.1) is 0 Å². The van der Waals surface area contributed by atoms with Gasteiger partial charge in [0.05, 0.1) is 33.3 Å². The predicted octanol–water partition coefficient (Wildman–Crippen LogP) is -0.389. The molecule has 1 aromatic rings. The number of carbonyl (C=O) groups excluding carboxylic acids is 2. The average molecular weight is 426 g/mol. The lowest BCUT2D eigenvalue weighted by Crippen LogP contribution is -2.41. The molecule has 10 nitrogen and oxygen atoms in total. The monoisotopic (exact) mass is 424 g/mol. The Kier molecular flexibility index (Phi) is 4.96. The molecular formula is C9H2Br2N2O8-2. The first kappa shape index (κ1) is 17.0. The summed E-state index contributed by atoms with van der Waals surface area (Å²) in [4.78, 5) is 41.2. The van der Waals surface area contributed by atoms with Gasteiger partial charge in [-0.1, -0.05) is 0 Å². The van der Waals surface area contributed by atoms with Gasteiger partial charge in [0.2, 0.25) is 0 Å². The van der Waals surface area contributed by atoms with E-state index in [2.05, 4.69) is 31.9 Å². The van der Waals surface area contributed by atoms with Crippen molar-refractivity contribution in [1.82, 2.24) is 0 Å². The molecular weight excluding hydrogens is 424 g/mol. The summed E-state index contributed by atoms with van der Waals surface area (Å²) < 4.78 is -0.472. The topological polar surface area (TPSA) is 167 Å². The maximum absolute atomic E-state index is 11.0. The van der Waals surface area contributed by atoms with Crippen LogP contribution in [0.5, 0.6) is 0 Å². The number of nitro benzene ring substituents is 2. The van der Waals surface area contributed by atoms with Crippen molar-refractivity contribution in [2.45, 2.75) is 5.92 Å². The summed E-state index contributed by atoms with van der Waals surface area (Å²) in [6, 6.07) is 0.769. The highest BCUT2D eigenvalue weighted by Gasteiger charge is 2.37. The van der Waals surface area contributed by atoms with Gasteiger partial charge in [0.25, 0.3) is 0 Å². The molecule has 12 heteroatoms. The molecule has 0 heterocycles. The molecule has 0 aromatic heterocycles. The molecule has 1 rings (SSSR count). The van der Waals surface area contributed by atoms with Crippen molar-refractivity contribution < 1.29 is 29.6 Å². The fourth-order valence-electron chi connectivity index (χ4n) is 1.55. The third-order valence-electron chi connectivity index (χ3n) is 2.35. The molecule has 0 amide bonds. The molecule has 0 aliphatic rings. The summed E-state index contributed by atoms with van der Waals surface area (Å²) in [5.41, 5.74) is -3.29. The zero-order chi connectivity index (χ0) is 16.5. The van der Waals surface area contributed by atoms with Crippen LogP contribution in [0.3, 0.4) is 0 Å². The largest absolute Gasteiger partial charge is 0.549 e. The molecule has 0 saturated carbocycles. The fourth-order valence-corrected chi connectivity index (χ4v) is 2.43. The Hall–Kier alpha value is -2.08. The molecule has 0 radical (unpaired) electrons. The summed E-state index contributed by atoms with van der Waals surface area (Å²) in [7, 11) is 0. The van der Waals surface area contributed by atoms with Crippen LogP contribution in [0.15, 0.2) is 15.0 Å². The quantitative estimate of drug-likeness (QED) is 0.349. The first-order valence-corrected chi connectivity index (χ1v) is 6.40. The van der Waals surface area contributed by atoms with Gasteiger partial charge in [-0.25, -0.2) is 0 Å². The number of carboxylic acids is 2. The lowest BCUT2D eigenvalue weighted by Gasteiger charge is -2.19. The summed E-state index contributed by atoms with van der Waals surface area (Å²) in [6.07, 6.45) is 0. The summed E-state index contributed by atoms with van der Waals surface area (Å²) in [6.45, 7) is 0. The Labute approximate surface area is 131 Å². The van der Waals surface area contributed by atoms with Gasteiger partial charge >= 0.3 is 11.4 Å². The molecule has 0 N–H and O–H groups in total. The van der Waals surface area contributed by atoms with E-state index in [1.165, 1.54) is 0 Å². The van der Waals surface area contributed by atoms with Crippen molar-refractivity contribution in [3.8, 4) is 0 Å². The molecule has 0 saturated heterocycles. The average Bonchev–Trinajstić information content (AvgIpc) is 2.30. The van der Waals surface area contributed by atoms with Gasteiger partial charge in [0, 0.05) is 4.47 Å². The van der Waals surface area contributed by atoms with E-state index in [0.717, 1.165) is 6.07 Å². The number of carbonyl (C=O) groups is 2. The Morgan fingerprint density at radius 2 is 1.43 bits per heavy atom. The molecule has 0 aliphatic heterocycles. The van der Waals surface area contributed by atoms with Crippen LogP contribution >= 0.6 is 31.9 Å². The lowest BCUT2D eigenvalue weighted by molar-refractivity contribution is -0.423. The third-order valence-corrected chi connectivity index (χ3v) is 4.31. The van der Waals surface area contributed by atoms with Crippen molar-refractivity contribution in [3.63, 3.8) is 0 Å². The van der Waals surface area contributed by atoms with Crippen LogP contribution in [0.1, 0.15) is 11.5 Å². The summed E-state index contributed by atoms with van der Waals surface area (Å²) >= 11 is 5.55. The number of aliphatic carboxylic acids is 2. The Morgan fingerprint density at radius 1 is 1.00 bits per heavy atom. The van der Waals surface area contributed by atoms with Gasteiger partial charge in [-0.05, 0) is 37.9 Å². The van der Waals surface area contributed by atoms with Crippen LogP contribution in [0, 0.1) is 20.2 Å². The smallest absolute Gasteiger partial charge is 0.361 e. The number of halogens is 2. The number of nitrogens with zero attached hydrogens (tertiary/aromatic N) is 2. The second-order valence-electron chi connectivity index (χ2n) is 3.54. The first-order chi connectivity index (χ1) is 9.59. The van der Waals surface area contributed by atoms with Crippen molar-refractivity contribution in [2.24, 2.45) is 0 Å². The van der Waals surface area contributed by atoms with Crippen LogP contribution < -0.4 is 10.2 Å². The molecule has 0 spiro atoms. The number of nitro groups is 2. The minimum absolute atomic E-state index is 0.137. The van der Waals surface area contributed by atoms with E-state index in [4.69, 9.17) is 0 Å². The van der Waals surface area contributed by atoms with Crippen molar-refractivity contribution in [2.75, 3.05) is 0 Å². The predicted molar refractivity (Wildman–Crippen MR) is 67.9 cm³/mol. The zero-order valence-corrected chi connectivity index (χ0v) is 12.7. The van der Waals surface area contributed by atoms with Crippen LogP contribution in [-0.2, 0) is 9.59 Å². The highest BCUT2D eigenvalue weighted by atomic mass is 79.9. The van der Waals surface area contributed by atoms with Gasteiger partial charge in [-0.3, -0.25) is 20.2 Å². The highest BCUT2D eigenvalue weighted by Crippen LogP contribution is 2.44. The zero-order valence-electron chi connectivity index (χ0n) is 9.57. The molecule has 0 atom stereocenters. The van der Waals surface area contributed by atoms with Crippen molar-refractivity contribution in [3.05, 3.63) is 40.8 Å². The van der Waals surface area contributed by atoms with Crippen LogP contribution in [0.25, 0.3) is 0 Å². The second-order valence-corrected chi connectivity index (χ2v) is 5.19. The molecule has 0 aliphatic carbocycles. The summed E-state index contributed by atoms with van der Waals surface area (Å²) in [5, 5.41) is 43.6. The third kappa shape index (κ3) is 3.16. The number of hydrogen-bond donors (Lipinski definition) is 0. The minimum Gasteiger partial charge on any atom is -0.549 e. The lowest BCUT2D eigenvalue weighted by atomic mass is 9.96. The fraction of sp³-hybridized carbons (Fsp3) is 0.111. The van der Waals surface area contributed by atoms with Crippen molar-refractivity contribution in [1.29, 1.82) is 0 Å². The Bertz CT molecular complexity index is 660. The minimum atomic E-state index is -2.53. The molecule has 0 unspecified atom stereocenters. The van der Waals surface area contributed by atoms with E-state index < -0.39 is 44.6 Å². The van der Waals surface area contributed by atoms with E-state index in [1.807, 2.05) is 0 Å².